The second kappa shape index (κ2) is 2.26. The SMILES string of the molecule is Cc1cccc(N)c1C1CC1. The van der Waals surface area contributed by atoms with Gasteiger partial charge in [0.1, 0.15) is 0 Å². The van der Waals surface area contributed by atoms with E-state index in [1.54, 1.807) is 0 Å². The van der Waals surface area contributed by atoms with Crippen LogP contribution in [-0.2, 0) is 0 Å². The lowest BCUT2D eigenvalue weighted by molar-refractivity contribution is 1.10. The van der Waals surface area contributed by atoms with Gasteiger partial charge in [0, 0.05) is 5.69 Å². The third-order valence-electron chi connectivity index (χ3n) is 2.34. The third-order valence-corrected chi connectivity index (χ3v) is 2.34. The molecule has 0 aliphatic heterocycles. The summed E-state index contributed by atoms with van der Waals surface area (Å²) in [6.45, 7) is 2.14. The maximum Gasteiger partial charge on any atom is 0.0352 e. The van der Waals surface area contributed by atoms with E-state index in [0.717, 1.165) is 11.6 Å². The van der Waals surface area contributed by atoms with Crippen LogP contribution in [0.25, 0.3) is 0 Å². The molecule has 1 saturated carbocycles. The summed E-state index contributed by atoms with van der Waals surface area (Å²) in [5.74, 6) is 0.774. The van der Waals surface area contributed by atoms with Crippen LogP contribution in [0.1, 0.15) is 29.9 Å². The highest BCUT2D eigenvalue weighted by atomic mass is 14.6. The Kier molecular flexibility index (Phi) is 1.38. The van der Waals surface area contributed by atoms with Crippen molar-refractivity contribution in [3.8, 4) is 0 Å². The molecule has 0 atom stereocenters. The predicted octanol–water partition coefficient (Wildman–Crippen LogP) is 2.45. The van der Waals surface area contributed by atoms with Gasteiger partial charge >= 0.3 is 0 Å². The van der Waals surface area contributed by atoms with Gasteiger partial charge in [-0.2, -0.15) is 0 Å². The zero-order chi connectivity index (χ0) is 7.84. The Morgan fingerprint density at radius 3 is 2.64 bits per heavy atom. The molecule has 0 amide bonds. The summed E-state index contributed by atoms with van der Waals surface area (Å²) in [5.41, 5.74) is 9.59. The zero-order valence-corrected chi connectivity index (χ0v) is 6.80. The Bertz CT molecular complexity index is 254. The van der Waals surface area contributed by atoms with Crippen LogP contribution >= 0.6 is 0 Å². The van der Waals surface area contributed by atoms with Crippen LogP contribution in [0.5, 0.6) is 0 Å². The molecule has 1 aliphatic rings. The fourth-order valence-corrected chi connectivity index (χ4v) is 1.63. The van der Waals surface area contributed by atoms with Crippen LogP contribution in [0.15, 0.2) is 18.2 Å². The molecule has 11 heavy (non-hydrogen) atoms. The molecule has 1 aliphatic carbocycles. The summed E-state index contributed by atoms with van der Waals surface area (Å²) >= 11 is 0. The van der Waals surface area contributed by atoms with Gasteiger partial charge in [-0.15, -0.1) is 0 Å². The van der Waals surface area contributed by atoms with Crippen LogP contribution in [-0.4, -0.2) is 0 Å². The Morgan fingerprint density at radius 1 is 1.36 bits per heavy atom. The molecular formula is C10H13N. The molecule has 1 heteroatoms. The first-order valence-electron chi connectivity index (χ1n) is 4.14. The lowest BCUT2D eigenvalue weighted by Gasteiger charge is -2.06. The number of nitrogens with two attached hydrogens (primary N) is 1. The summed E-state index contributed by atoms with van der Waals surface area (Å²) in [4.78, 5) is 0. The minimum Gasteiger partial charge on any atom is -0.398 e. The molecule has 0 radical (unpaired) electrons. The van der Waals surface area contributed by atoms with Crippen LogP contribution in [0.4, 0.5) is 5.69 Å². The minimum absolute atomic E-state index is 0.774. The van der Waals surface area contributed by atoms with Gasteiger partial charge in [-0.1, -0.05) is 12.1 Å². The van der Waals surface area contributed by atoms with Gasteiger partial charge in [0.05, 0.1) is 0 Å². The first-order valence-corrected chi connectivity index (χ1v) is 4.14. The molecule has 1 aromatic carbocycles. The number of hydrogen-bond donors (Lipinski definition) is 1. The van der Waals surface area contributed by atoms with Crippen LogP contribution in [0, 0.1) is 6.92 Å². The molecule has 0 aromatic heterocycles. The fourth-order valence-electron chi connectivity index (χ4n) is 1.63. The monoisotopic (exact) mass is 147 g/mol. The van der Waals surface area contributed by atoms with Crippen molar-refractivity contribution >= 4 is 5.69 Å². The van der Waals surface area contributed by atoms with Gasteiger partial charge in [-0.3, -0.25) is 0 Å². The zero-order valence-electron chi connectivity index (χ0n) is 6.80. The Hall–Kier alpha value is -0.980. The van der Waals surface area contributed by atoms with E-state index in [1.165, 1.54) is 24.0 Å². The molecule has 0 saturated heterocycles. The molecule has 0 spiro atoms. The van der Waals surface area contributed by atoms with Gasteiger partial charge in [0.15, 0.2) is 0 Å². The molecule has 2 N–H and O–H groups in total. The van der Waals surface area contributed by atoms with Crippen molar-refractivity contribution < 1.29 is 0 Å². The van der Waals surface area contributed by atoms with Gasteiger partial charge in [0.2, 0.25) is 0 Å². The predicted molar refractivity (Wildman–Crippen MR) is 47.6 cm³/mol. The molecule has 0 heterocycles. The molecular weight excluding hydrogens is 134 g/mol. The largest absolute Gasteiger partial charge is 0.398 e. The van der Waals surface area contributed by atoms with E-state index >= 15 is 0 Å². The van der Waals surface area contributed by atoms with Crippen molar-refractivity contribution in [2.75, 3.05) is 5.73 Å². The first-order chi connectivity index (χ1) is 5.29. The highest BCUT2D eigenvalue weighted by Crippen LogP contribution is 2.43. The smallest absolute Gasteiger partial charge is 0.0352 e. The molecule has 2 rings (SSSR count). The Morgan fingerprint density at radius 2 is 2.09 bits per heavy atom. The lowest BCUT2D eigenvalue weighted by atomic mass is 10.0. The number of rotatable bonds is 1. The van der Waals surface area contributed by atoms with Crippen molar-refractivity contribution in [3.63, 3.8) is 0 Å². The fraction of sp³-hybridized carbons (Fsp3) is 0.400. The molecule has 1 nitrogen and oxygen atoms in total. The first kappa shape index (κ1) is 6.71. The van der Waals surface area contributed by atoms with Gasteiger partial charge in [-0.05, 0) is 42.9 Å². The van der Waals surface area contributed by atoms with E-state index in [0.29, 0.717) is 0 Å². The van der Waals surface area contributed by atoms with E-state index in [4.69, 9.17) is 5.73 Å². The van der Waals surface area contributed by atoms with E-state index in [1.807, 2.05) is 12.1 Å². The van der Waals surface area contributed by atoms with Crippen molar-refractivity contribution in [1.82, 2.24) is 0 Å². The molecule has 1 fully saturated rings. The average molecular weight is 147 g/mol. The summed E-state index contributed by atoms with van der Waals surface area (Å²) in [6.07, 6.45) is 2.66. The van der Waals surface area contributed by atoms with Gasteiger partial charge in [-0.25, -0.2) is 0 Å². The highest BCUT2D eigenvalue weighted by molar-refractivity contribution is 5.53. The minimum atomic E-state index is 0.774. The second-order valence-electron chi connectivity index (χ2n) is 3.35. The van der Waals surface area contributed by atoms with E-state index in [9.17, 15) is 0 Å². The molecule has 0 bridgehead atoms. The van der Waals surface area contributed by atoms with Crippen LogP contribution in [0.3, 0.4) is 0 Å². The molecule has 1 aromatic rings. The summed E-state index contributed by atoms with van der Waals surface area (Å²) in [7, 11) is 0. The van der Waals surface area contributed by atoms with Gasteiger partial charge in [0.25, 0.3) is 0 Å². The topological polar surface area (TPSA) is 26.0 Å². The van der Waals surface area contributed by atoms with Crippen molar-refractivity contribution in [3.05, 3.63) is 29.3 Å². The Labute approximate surface area is 67.2 Å². The standard InChI is InChI=1S/C10H13N/c1-7-3-2-4-9(11)10(7)8-5-6-8/h2-4,8H,5-6,11H2,1H3. The lowest BCUT2D eigenvalue weighted by Crippen LogP contribution is -1.94. The third kappa shape index (κ3) is 1.11. The summed E-state index contributed by atoms with van der Waals surface area (Å²) in [6, 6.07) is 6.17. The van der Waals surface area contributed by atoms with E-state index < -0.39 is 0 Å². The number of nitrogen functional groups attached to an aromatic ring is 1. The van der Waals surface area contributed by atoms with E-state index in [2.05, 4.69) is 13.0 Å². The molecule has 58 valence electrons. The normalized spacial score (nSPS) is 16.8. The highest BCUT2D eigenvalue weighted by Gasteiger charge is 2.26. The maximum absolute atomic E-state index is 5.86. The molecule has 0 unspecified atom stereocenters. The van der Waals surface area contributed by atoms with Crippen LogP contribution in [0.2, 0.25) is 0 Å². The Balaban J connectivity index is 2.48. The van der Waals surface area contributed by atoms with Crippen molar-refractivity contribution in [2.45, 2.75) is 25.7 Å². The number of hydrogen-bond acceptors (Lipinski definition) is 1. The van der Waals surface area contributed by atoms with Crippen molar-refractivity contribution in [1.29, 1.82) is 0 Å². The van der Waals surface area contributed by atoms with Crippen molar-refractivity contribution in [2.24, 2.45) is 0 Å². The van der Waals surface area contributed by atoms with Gasteiger partial charge < -0.3 is 5.73 Å². The second-order valence-corrected chi connectivity index (χ2v) is 3.35. The summed E-state index contributed by atoms with van der Waals surface area (Å²) in [5, 5.41) is 0. The number of aryl methyl sites for hydroxylation is 1. The van der Waals surface area contributed by atoms with E-state index in [-0.39, 0.29) is 0 Å². The number of anilines is 1. The van der Waals surface area contributed by atoms with Crippen LogP contribution < -0.4 is 5.73 Å². The quantitative estimate of drug-likeness (QED) is 0.607. The number of benzene rings is 1. The maximum atomic E-state index is 5.86. The summed E-state index contributed by atoms with van der Waals surface area (Å²) < 4.78 is 0. The average Bonchev–Trinajstić information content (AvgIpc) is 2.70.